The van der Waals surface area contributed by atoms with Crippen molar-refractivity contribution in [3.05, 3.63) is 11.3 Å². The van der Waals surface area contributed by atoms with Gasteiger partial charge < -0.3 is 10.5 Å². The number of ether oxygens (including phenoxy) is 1. The van der Waals surface area contributed by atoms with Gasteiger partial charge in [-0.2, -0.15) is 5.10 Å². The summed E-state index contributed by atoms with van der Waals surface area (Å²) in [5, 5.41) is 4.48. The summed E-state index contributed by atoms with van der Waals surface area (Å²) in [5.41, 5.74) is 8.20. The molecule has 0 aromatic carbocycles. The number of rotatable bonds is 3. The molecule has 5 nitrogen and oxygen atoms in total. The molecule has 0 radical (unpaired) electrons. The summed E-state index contributed by atoms with van der Waals surface area (Å²) in [4.78, 5) is 2.38. The van der Waals surface area contributed by atoms with Crippen LogP contribution >= 0.6 is 0 Å². The van der Waals surface area contributed by atoms with Crippen LogP contribution in [0.2, 0.25) is 0 Å². The van der Waals surface area contributed by atoms with E-state index in [0.29, 0.717) is 18.5 Å². The molecule has 1 fully saturated rings. The third-order valence-corrected chi connectivity index (χ3v) is 4.01. The zero-order valence-electron chi connectivity index (χ0n) is 11.8. The Kier molecular flexibility index (Phi) is 3.92. The van der Waals surface area contributed by atoms with Crippen molar-refractivity contribution in [3.8, 4) is 5.88 Å². The minimum Gasteiger partial charge on any atom is -0.481 e. The molecule has 5 heteroatoms. The Morgan fingerprint density at radius 1 is 1.44 bits per heavy atom. The molecule has 1 saturated heterocycles. The van der Waals surface area contributed by atoms with Gasteiger partial charge in [0.15, 0.2) is 0 Å². The van der Waals surface area contributed by atoms with Gasteiger partial charge in [-0.1, -0.05) is 0 Å². The van der Waals surface area contributed by atoms with E-state index in [4.69, 9.17) is 10.5 Å². The maximum absolute atomic E-state index is 5.95. The first-order valence-electron chi connectivity index (χ1n) is 6.58. The topological polar surface area (TPSA) is 56.3 Å². The predicted molar refractivity (Wildman–Crippen MR) is 71.6 cm³/mol. The second-order valence-corrected chi connectivity index (χ2v) is 5.20. The lowest BCUT2D eigenvalue weighted by Crippen LogP contribution is -2.39. The average Bonchev–Trinajstić information content (AvgIpc) is 2.63. The first-order valence-corrected chi connectivity index (χ1v) is 6.58. The Bertz CT molecular complexity index is 415. The fourth-order valence-electron chi connectivity index (χ4n) is 3.20. The molecule has 2 unspecified atom stereocenters. The molecule has 2 atom stereocenters. The van der Waals surface area contributed by atoms with Gasteiger partial charge in [-0.25, -0.2) is 4.68 Å². The van der Waals surface area contributed by atoms with Crippen molar-refractivity contribution in [2.45, 2.75) is 25.8 Å². The number of nitrogens with two attached hydrogens (primary N) is 1. The number of aryl methyl sites for hydroxylation is 2. The molecule has 0 aliphatic carbocycles. The highest BCUT2D eigenvalue weighted by Gasteiger charge is 2.34. The number of aromatic nitrogens is 2. The lowest BCUT2D eigenvalue weighted by Gasteiger charge is -2.39. The molecule has 0 amide bonds. The molecule has 18 heavy (non-hydrogen) atoms. The van der Waals surface area contributed by atoms with Crippen LogP contribution in [-0.2, 0) is 7.05 Å². The molecule has 2 heterocycles. The second-order valence-electron chi connectivity index (χ2n) is 5.20. The maximum atomic E-state index is 5.95. The summed E-state index contributed by atoms with van der Waals surface area (Å²) in [6, 6.07) is 0.326. The molecule has 1 aromatic heterocycles. The number of piperidine rings is 1. The molecule has 0 saturated carbocycles. The van der Waals surface area contributed by atoms with Crippen LogP contribution in [0.3, 0.4) is 0 Å². The highest BCUT2D eigenvalue weighted by Crippen LogP contribution is 2.40. The van der Waals surface area contributed by atoms with Crippen molar-refractivity contribution in [2.75, 3.05) is 27.2 Å². The monoisotopic (exact) mass is 252 g/mol. The van der Waals surface area contributed by atoms with Crippen molar-refractivity contribution < 1.29 is 4.74 Å². The first-order chi connectivity index (χ1) is 8.60. The number of hydrogen-bond donors (Lipinski definition) is 1. The van der Waals surface area contributed by atoms with Gasteiger partial charge in [-0.15, -0.1) is 0 Å². The number of nitrogens with zero attached hydrogens (tertiary/aromatic N) is 3. The fourth-order valence-corrected chi connectivity index (χ4v) is 3.20. The van der Waals surface area contributed by atoms with E-state index in [0.717, 1.165) is 18.1 Å². The largest absolute Gasteiger partial charge is 0.481 e. The average molecular weight is 252 g/mol. The first kappa shape index (κ1) is 13.4. The van der Waals surface area contributed by atoms with Crippen LogP contribution in [0.4, 0.5) is 0 Å². The summed E-state index contributed by atoms with van der Waals surface area (Å²) in [6.07, 6.45) is 2.40. The van der Waals surface area contributed by atoms with Crippen molar-refractivity contribution in [3.63, 3.8) is 0 Å². The summed E-state index contributed by atoms with van der Waals surface area (Å²) in [5.74, 6) is 1.35. The van der Waals surface area contributed by atoms with Crippen LogP contribution < -0.4 is 10.5 Å². The van der Waals surface area contributed by atoms with E-state index in [1.165, 1.54) is 18.4 Å². The van der Waals surface area contributed by atoms with Gasteiger partial charge in [-0.05, 0) is 45.8 Å². The highest BCUT2D eigenvalue weighted by molar-refractivity contribution is 5.35. The van der Waals surface area contributed by atoms with Crippen molar-refractivity contribution in [1.29, 1.82) is 0 Å². The Labute approximate surface area is 109 Å². The smallest absolute Gasteiger partial charge is 0.216 e. The molecule has 0 spiro atoms. The maximum Gasteiger partial charge on any atom is 0.216 e. The summed E-state index contributed by atoms with van der Waals surface area (Å²) >= 11 is 0. The summed E-state index contributed by atoms with van der Waals surface area (Å²) < 4.78 is 7.34. The number of likely N-dealkylation sites (tertiary alicyclic amines) is 1. The quantitative estimate of drug-likeness (QED) is 0.874. The van der Waals surface area contributed by atoms with Crippen LogP contribution in [0.1, 0.15) is 30.1 Å². The van der Waals surface area contributed by atoms with Crippen LogP contribution in [0.15, 0.2) is 0 Å². The Balaban J connectivity index is 2.44. The van der Waals surface area contributed by atoms with E-state index in [-0.39, 0.29) is 0 Å². The van der Waals surface area contributed by atoms with Gasteiger partial charge >= 0.3 is 0 Å². The Morgan fingerprint density at radius 2 is 2.17 bits per heavy atom. The third kappa shape index (κ3) is 2.12. The van der Waals surface area contributed by atoms with Gasteiger partial charge in [0.1, 0.15) is 0 Å². The standard InChI is InChI=1S/C13H24N4O/c1-9-11(13(18-4)17(3)15-9)12-10(8-14)6-5-7-16(12)2/h10,12H,5-8,14H2,1-4H3. The van der Waals surface area contributed by atoms with Gasteiger partial charge in [0.2, 0.25) is 5.88 Å². The lowest BCUT2D eigenvalue weighted by molar-refractivity contribution is 0.122. The SMILES string of the molecule is COc1c(C2C(CN)CCCN2C)c(C)nn1C. The predicted octanol–water partition coefficient (Wildman–Crippen LogP) is 1.08. The Hall–Kier alpha value is -1.07. The van der Waals surface area contributed by atoms with Crippen LogP contribution in [0.25, 0.3) is 0 Å². The van der Waals surface area contributed by atoms with E-state index >= 15 is 0 Å². The van der Waals surface area contributed by atoms with Crippen LogP contribution in [0.5, 0.6) is 5.88 Å². The van der Waals surface area contributed by atoms with E-state index < -0.39 is 0 Å². The number of methoxy groups -OCH3 is 1. The van der Waals surface area contributed by atoms with Crippen molar-refractivity contribution in [1.82, 2.24) is 14.7 Å². The van der Waals surface area contributed by atoms with Crippen LogP contribution in [-0.4, -0.2) is 41.9 Å². The van der Waals surface area contributed by atoms with Gasteiger partial charge in [0, 0.05) is 13.1 Å². The normalized spacial score (nSPS) is 25.4. The summed E-state index contributed by atoms with van der Waals surface area (Å²) in [6.45, 7) is 3.87. The molecule has 2 rings (SSSR count). The van der Waals surface area contributed by atoms with Crippen LogP contribution in [0, 0.1) is 12.8 Å². The van der Waals surface area contributed by atoms with Crippen molar-refractivity contribution >= 4 is 0 Å². The summed E-state index contributed by atoms with van der Waals surface area (Å²) in [7, 11) is 5.80. The highest BCUT2D eigenvalue weighted by atomic mass is 16.5. The number of hydrogen-bond acceptors (Lipinski definition) is 4. The molecular formula is C13H24N4O. The second kappa shape index (κ2) is 5.28. The van der Waals surface area contributed by atoms with E-state index in [1.807, 2.05) is 18.7 Å². The molecular weight excluding hydrogens is 228 g/mol. The van der Waals surface area contributed by atoms with E-state index in [9.17, 15) is 0 Å². The molecule has 1 aromatic rings. The van der Waals surface area contributed by atoms with Gasteiger partial charge in [0.05, 0.1) is 18.4 Å². The molecule has 102 valence electrons. The zero-order valence-corrected chi connectivity index (χ0v) is 11.8. The lowest BCUT2D eigenvalue weighted by atomic mass is 9.85. The zero-order chi connectivity index (χ0) is 13.3. The molecule has 1 aliphatic heterocycles. The van der Waals surface area contributed by atoms with Gasteiger partial charge in [0.25, 0.3) is 0 Å². The van der Waals surface area contributed by atoms with Crippen molar-refractivity contribution in [2.24, 2.45) is 18.7 Å². The Morgan fingerprint density at radius 3 is 2.78 bits per heavy atom. The van der Waals surface area contributed by atoms with E-state index in [2.05, 4.69) is 17.0 Å². The van der Waals surface area contributed by atoms with Gasteiger partial charge in [-0.3, -0.25) is 4.90 Å². The van der Waals surface area contributed by atoms with E-state index in [1.54, 1.807) is 7.11 Å². The third-order valence-electron chi connectivity index (χ3n) is 4.01. The molecule has 2 N–H and O–H groups in total. The fraction of sp³-hybridized carbons (Fsp3) is 0.769. The molecule has 0 bridgehead atoms. The molecule has 1 aliphatic rings. The minimum absolute atomic E-state index is 0.326. The minimum atomic E-state index is 0.326.